The predicted molar refractivity (Wildman–Crippen MR) is 142 cm³/mol. The Labute approximate surface area is 227 Å². The second-order valence-electron chi connectivity index (χ2n) is 9.85. The molecule has 2 aromatic carbocycles. The van der Waals surface area contributed by atoms with E-state index in [2.05, 4.69) is 10.6 Å². The second kappa shape index (κ2) is 14.7. The third-order valence-electron chi connectivity index (χ3n) is 6.08. The summed E-state index contributed by atoms with van der Waals surface area (Å²) in [5.41, 5.74) is 1.58. The first-order valence-electron chi connectivity index (χ1n) is 12.6. The van der Waals surface area contributed by atoms with Crippen molar-refractivity contribution in [3.63, 3.8) is 0 Å². The van der Waals surface area contributed by atoms with E-state index in [1.165, 1.54) is 11.9 Å². The van der Waals surface area contributed by atoms with Crippen LogP contribution in [0.15, 0.2) is 54.6 Å². The van der Waals surface area contributed by atoms with Gasteiger partial charge in [0, 0.05) is 12.7 Å². The van der Waals surface area contributed by atoms with Crippen LogP contribution in [-0.4, -0.2) is 60.7 Å². The van der Waals surface area contributed by atoms with Gasteiger partial charge in [-0.3, -0.25) is 14.9 Å². The monoisotopic (exact) mass is 546 g/mol. The molecule has 4 N–H and O–H groups in total. The van der Waals surface area contributed by atoms with Gasteiger partial charge in [-0.2, -0.15) is 18.4 Å². The number of carbonyl (C=O) groups excluding carboxylic acids is 2. The van der Waals surface area contributed by atoms with Gasteiger partial charge in [-0.1, -0.05) is 56.3 Å². The van der Waals surface area contributed by atoms with Gasteiger partial charge in [0.25, 0.3) is 0 Å². The Balaban J connectivity index is 2.24. The Morgan fingerprint density at radius 1 is 1.05 bits per heavy atom. The van der Waals surface area contributed by atoms with Crippen LogP contribution >= 0.6 is 0 Å². The molecule has 39 heavy (non-hydrogen) atoms. The quantitative estimate of drug-likeness (QED) is 0.287. The lowest BCUT2D eigenvalue weighted by atomic mass is 9.75. The van der Waals surface area contributed by atoms with E-state index in [1.54, 1.807) is 54.6 Å². The maximum atomic E-state index is 13.1. The fourth-order valence-electron chi connectivity index (χ4n) is 4.05. The van der Waals surface area contributed by atoms with Gasteiger partial charge in [0.1, 0.15) is 5.92 Å². The summed E-state index contributed by atoms with van der Waals surface area (Å²) >= 11 is 0. The third-order valence-corrected chi connectivity index (χ3v) is 6.08. The van der Waals surface area contributed by atoms with Crippen LogP contribution in [0.5, 0.6) is 0 Å². The molecule has 2 aromatic rings. The lowest BCUT2D eigenvalue weighted by molar-refractivity contribution is -0.132. The summed E-state index contributed by atoms with van der Waals surface area (Å²) in [6, 6.07) is 15.8. The van der Waals surface area contributed by atoms with Gasteiger partial charge >= 0.3 is 13.3 Å². The molecule has 3 atom stereocenters. The molecular weight excluding hydrogens is 512 g/mol. The van der Waals surface area contributed by atoms with Gasteiger partial charge in [-0.25, -0.2) is 0 Å². The summed E-state index contributed by atoms with van der Waals surface area (Å²) < 4.78 is 39.0. The average molecular weight is 546 g/mol. The SMILES string of the molecule is CC(C)C[C@H](C#N)C(=O)N(C)c1cccc(C[C@H](NCC(F)(F)F)C(=O)N[C@@H](Cc2ccccc2)B(O)O)c1. The minimum absolute atomic E-state index is 0.0507. The van der Waals surface area contributed by atoms with E-state index in [4.69, 9.17) is 0 Å². The first-order valence-corrected chi connectivity index (χ1v) is 12.6. The van der Waals surface area contributed by atoms with E-state index >= 15 is 0 Å². The molecule has 0 radical (unpaired) electrons. The van der Waals surface area contributed by atoms with Crippen LogP contribution in [0.4, 0.5) is 18.9 Å². The van der Waals surface area contributed by atoms with Crippen LogP contribution in [0.1, 0.15) is 31.4 Å². The van der Waals surface area contributed by atoms with Gasteiger partial charge in [0.15, 0.2) is 0 Å². The van der Waals surface area contributed by atoms with Crippen molar-refractivity contribution in [3.8, 4) is 6.07 Å². The highest BCUT2D eigenvalue weighted by Gasteiger charge is 2.33. The Morgan fingerprint density at radius 2 is 1.69 bits per heavy atom. The van der Waals surface area contributed by atoms with Crippen molar-refractivity contribution >= 4 is 24.6 Å². The number of nitriles is 1. The minimum Gasteiger partial charge on any atom is -0.426 e. The molecule has 0 fully saturated rings. The fraction of sp³-hybridized carbons (Fsp3) is 0.444. The lowest BCUT2D eigenvalue weighted by Crippen LogP contribution is -2.55. The van der Waals surface area contributed by atoms with Crippen molar-refractivity contribution in [2.75, 3.05) is 18.5 Å². The smallest absolute Gasteiger partial charge is 0.426 e. The largest absolute Gasteiger partial charge is 0.475 e. The van der Waals surface area contributed by atoms with Crippen LogP contribution < -0.4 is 15.5 Å². The van der Waals surface area contributed by atoms with Crippen LogP contribution in [0.25, 0.3) is 0 Å². The Kier molecular flexibility index (Phi) is 12.0. The maximum Gasteiger partial charge on any atom is 0.475 e. The van der Waals surface area contributed by atoms with E-state index < -0.39 is 49.6 Å². The van der Waals surface area contributed by atoms with Crippen molar-refractivity contribution < 1.29 is 32.8 Å². The molecule has 0 unspecified atom stereocenters. The number of alkyl halides is 3. The highest BCUT2D eigenvalue weighted by Crippen LogP contribution is 2.21. The number of halogens is 3. The van der Waals surface area contributed by atoms with Gasteiger partial charge in [0.05, 0.1) is 24.6 Å². The molecule has 12 heteroatoms. The third kappa shape index (κ3) is 10.7. The Hall–Kier alpha value is -3.40. The molecule has 0 saturated carbocycles. The van der Waals surface area contributed by atoms with Crippen LogP contribution in [0.2, 0.25) is 0 Å². The topological polar surface area (TPSA) is 126 Å². The molecule has 0 heterocycles. The molecule has 8 nitrogen and oxygen atoms in total. The Morgan fingerprint density at radius 3 is 2.26 bits per heavy atom. The summed E-state index contributed by atoms with van der Waals surface area (Å²) in [5, 5.41) is 33.7. The summed E-state index contributed by atoms with van der Waals surface area (Å²) in [4.78, 5) is 27.2. The summed E-state index contributed by atoms with van der Waals surface area (Å²) in [6.07, 6.45) is -4.33. The van der Waals surface area contributed by atoms with E-state index in [-0.39, 0.29) is 18.8 Å². The number of anilines is 1. The van der Waals surface area contributed by atoms with Crippen molar-refractivity contribution in [3.05, 3.63) is 65.7 Å². The zero-order valence-electron chi connectivity index (χ0n) is 22.2. The predicted octanol–water partition coefficient (Wildman–Crippen LogP) is 2.64. The maximum absolute atomic E-state index is 13.1. The lowest BCUT2D eigenvalue weighted by Gasteiger charge is -2.25. The highest BCUT2D eigenvalue weighted by atomic mass is 19.4. The molecule has 2 rings (SSSR count). The van der Waals surface area contributed by atoms with Gasteiger partial charge in [0.2, 0.25) is 11.8 Å². The summed E-state index contributed by atoms with van der Waals surface area (Å²) in [5.74, 6) is -3.13. The first kappa shape index (κ1) is 31.8. The van der Waals surface area contributed by atoms with Crippen LogP contribution in [0.3, 0.4) is 0 Å². The van der Waals surface area contributed by atoms with E-state index in [0.29, 0.717) is 23.2 Å². The van der Waals surface area contributed by atoms with Crippen molar-refractivity contribution in [1.29, 1.82) is 5.26 Å². The van der Waals surface area contributed by atoms with E-state index in [0.717, 1.165) is 0 Å². The van der Waals surface area contributed by atoms with Gasteiger partial charge in [-0.15, -0.1) is 0 Å². The second-order valence-corrected chi connectivity index (χ2v) is 9.85. The van der Waals surface area contributed by atoms with Crippen molar-refractivity contribution in [2.45, 2.75) is 51.3 Å². The van der Waals surface area contributed by atoms with E-state index in [1.807, 2.05) is 19.9 Å². The normalized spacial score (nSPS) is 13.7. The van der Waals surface area contributed by atoms with Gasteiger partial charge < -0.3 is 20.3 Å². The average Bonchev–Trinajstić information content (AvgIpc) is 2.88. The molecule has 0 saturated heterocycles. The van der Waals surface area contributed by atoms with Crippen molar-refractivity contribution in [1.82, 2.24) is 10.6 Å². The zero-order valence-corrected chi connectivity index (χ0v) is 22.2. The summed E-state index contributed by atoms with van der Waals surface area (Å²) in [7, 11) is -0.436. The van der Waals surface area contributed by atoms with E-state index in [9.17, 15) is 38.1 Å². The number of nitrogens with one attached hydrogen (secondary N) is 2. The highest BCUT2D eigenvalue weighted by molar-refractivity contribution is 6.43. The van der Waals surface area contributed by atoms with Crippen LogP contribution in [-0.2, 0) is 22.4 Å². The summed E-state index contributed by atoms with van der Waals surface area (Å²) in [6.45, 7) is 2.36. The molecule has 0 aliphatic heterocycles. The number of carbonyl (C=O) groups is 2. The molecular formula is C27H34BF3N4O4. The first-order chi connectivity index (χ1) is 18.3. The number of hydrogen-bond donors (Lipinski definition) is 4. The van der Waals surface area contributed by atoms with Crippen molar-refractivity contribution in [2.24, 2.45) is 11.8 Å². The van der Waals surface area contributed by atoms with Gasteiger partial charge in [-0.05, 0) is 48.4 Å². The minimum atomic E-state index is -4.59. The number of hydrogen-bond acceptors (Lipinski definition) is 6. The molecule has 0 aromatic heterocycles. The molecule has 210 valence electrons. The fourth-order valence-corrected chi connectivity index (χ4v) is 4.05. The standard InChI is InChI=1S/C27H34BF3N4O4/c1-18(2)12-21(16-32)26(37)35(3)22-11-7-10-20(13-22)14-23(33-17-27(29,30)31)25(36)34-24(28(38)39)15-19-8-5-4-6-9-19/h4-11,13,18,21,23-24,33,38-39H,12,14-15,17H2,1-3H3,(H,34,36)/t21-,23+,24+/m1/s1. The number of amides is 2. The molecule has 0 spiro atoms. The molecule has 0 aliphatic rings. The zero-order chi connectivity index (χ0) is 29.2. The molecule has 0 bridgehead atoms. The molecule has 2 amide bonds. The van der Waals surface area contributed by atoms with Crippen LogP contribution in [0, 0.1) is 23.2 Å². The molecule has 0 aliphatic carbocycles. The number of nitrogens with zero attached hydrogens (tertiary/aromatic N) is 2. The Bertz CT molecular complexity index is 1130. The number of benzene rings is 2. The number of rotatable bonds is 13.